The van der Waals surface area contributed by atoms with Crippen molar-refractivity contribution in [3.8, 4) is 16.9 Å². The lowest BCUT2D eigenvalue weighted by molar-refractivity contribution is -0.142. The summed E-state index contributed by atoms with van der Waals surface area (Å²) in [4.78, 5) is 30.1. The quantitative estimate of drug-likeness (QED) is 0.271. The van der Waals surface area contributed by atoms with Crippen molar-refractivity contribution >= 4 is 24.0 Å². The summed E-state index contributed by atoms with van der Waals surface area (Å²) in [7, 11) is 0. The number of benzene rings is 2. The van der Waals surface area contributed by atoms with Crippen molar-refractivity contribution in [2.24, 2.45) is 10.7 Å². The molecular weight excluding hydrogens is 460 g/mol. The number of carboxylic acid groups (broad SMARTS) is 1. The van der Waals surface area contributed by atoms with Gasteiger partial charge in [-0.15, -0.1) is 0 Å². The van der Waals surface area contributed by atoms with Gasteiger partial charge in [0.1, 0.15) is 23.5 Å². The number of aliphatic imine (C=N–C) groups is 1. The summed E-state index contributed by atoms with van der Waals surface area (Å²) >= 11 is 0. The third-order valence-electron chi connectivity index (χ3n) is 5.73. The second kappa shape index (κ2) is 11.9. The van der Waals surface area contributed by atoms with E-state index in [2.05, 4.69) is 4.99 Å². The van der Waals surface area contributed by atoms with Gasteiger partial charge in [0, 0.05) is 30.4 Å². The number of hydrogen-bond donors (Lipinski definition) is 3. The van der Waals surface area contributed by atoms with Crippen molar-refractivity contribution in [3.63, 3.8) is 0 Å². The van der Waals surface area contributed by atoms with Crippen LogP contribution < -0.4 is 16.2 Å². The van der Waals surface area contributed by atoms with Crippen molar-refractivity contribution in [2.75, 3.05) is 25.4 Å². The Morgan fingerprint density at radius 3 is 2.64 bits per heavy atom. The molecule has 1 fully saturated rings. The van der Waals surface area contributed by atoms with E-state index < -0.39 is 29.8 Å². The molecule has 2 aromatic rings. The standard InChI is InChI=1S/C27H36N4O5/c1-27(2,3)36-26(34)31-17-20(15-24(31)25(32)33)35-19-9-6-8-18(14-19)21-10-7-11-23(29)22(21)16-30-13-5-4-12-28/h6-11,14,16,20,24H,4-5,12-13,15,17,28-29H2,1-3H3,(H,32,33). The molecule has 1 amide bonds. The molecular formula is C27H36N4O5. The number of hydrogen-bond acceptors (Lipinski definition) is 7. The number of ether oxygens (including phenoxy) is 2. The first-order valence-electron chi connectivity index (χ1n) is 12.2. The third-order valence-corrected chi connectivity index (χ3v) is 5.73. The van der Waals surface area contributed by atoms with Crippen molar-refractivity contribution in [2.45, 2.75) is 57.8 Å². The van der Waals surface area contributed by atoms with Gasteiger partial charge in [-0.3, -0.25) is 9.89 Å². The molecule has 1 saturated heterocycles. The van der Waals surface area contributed by atoms with Gasteiger partial charge in [-0.2, -0.15) is 0 Å². The fourth-order valence-electron chi connectivity index (χ4n) is 4.05. The summed E-state index contributed by atoms with van der Waals surface area (Å²) in [5, 5.41) is 9.65. The van der Waals surface area contributed by atoms with Crippen LogP contribution >= 0.6 is 0 Å². The number of nitrogens with two attached hydrogens (primary N) is 2. The first-order valence-corrected chi connectivity index (χ1v) is 12.2. The van der Waals surface area contributed by atoms with E-state index in [9.17, 15) is 14.7 Å². The maximum Gasteiger partial charge on any atom is 0.411 e. The average molecular weight is 497 g/mol. The summed E-state index contributed by atoms with van der Waals surface area (Å²) in [5.41, 5.74) is 14.3. The molecule has 1 aliphatic rings. The molecule has 0 saturated carbocycles. The maximum absolute atomic E-state index is 12.6. The molecule has 0 aliphatic carbocycles. The molecule has 1 heterocycles. The van der Waals surface area contributed by atoms with Gasteiger partial charge < -0.3 is 26.0 Å². The van der Waals surface area contributed by atoms with Crippen LogP contribution in [0.25, 0.3) is 11.1 Å². The number of aliphatic carboxylic acids is 1. The van der Waals surface area contributed by atoms with Crippen molar-refractivity contribution in [3.05, 3.63) is 48.0 Å². The first kappa shape index (κ1) is 27.0. The van der Waals surface area contributed by atoms with Gasteiger partial charge in [0.05, 0.1) is 6.54 Å². The second-order valence-electron chi connectivity index (χ2n) is 9.83. The zero-order valence-electron chi connectivity index (χ0n) is 21.1. The molecule has 0 radical (unpaired) electrons. The Balaban J connectivity index is 1.78. The summed E-state index contributed by atoms with van der Waals surface area (Å²) in [5.74, 6) is -0.517. The second-order valence-corrected chi connectivity index (χ2v) is 9.83. The summed E-state index contributed by atoms with van der Waals surface area (Å²) in [6, 6.07) is 12.2. The lowest BCUT2D eigenvalue weighted by atomic mass is 9.98. The number of carbonyl (C=O) groups is 2. The molecule has 0 bridgehead atoms. The molecule has 9 heteroatoms. The van der Waals surface area contributed by atoms with Crippen LogP contribution in [-0.4, -0.2) is 65.7 Å². The van der Waals surface area contributed by atoms with Crippen molar-refractivity contribution in [1.29, 1.82) is 0 Å². The van der Waals surface area contributed by atoms with E-state index in [1.54, 1.807) is 27.0 Å². The average Bonchev–Trinajstić information content (AvgIpc) is 3.23. The Labute approximate surface area is 212 Å². The molecule has 0 spiro atoms. The zero-order chi connectivity index (χ0) is 26.3. The van der Waals surface area contributed by atoms with E-state index in [4.69, 9.17) is 20.9 Å². The van der Waals surface area contributed by atoms with Gasteiger partial charge in [0.15, 0.2) is 0 Å². The molecule has 2 unspecified atom stereocenters. The number of nitrogens with zero attached hydrogens (tertiary/aromatic N) is 2. The molecule has 36 heavy (non-hydrogen) atoms. The Morgan fingerprint density at radius 1 is 1.19 bits per heavy atom. The van der Waals surface area contributed by atoms with Crippen LogP contribution in [0.5, 0.6) is 5.75 Å². The predicted molar refractivity (Wildman–Crippen MR) is 140 cm³/mol. The predicted octanol–water partition coefficient (Wildman–Crippen LogP) is 3.94. The largest absolute Gasteiger partial charge is 0.488 e. The van der Waals surface area contributed by atoms with Gasteiger partial charge in [0.25, 0.3) is 0 Å². The van der Waals surface area contributed by atoms with E-state index in [1.165, 1.54) is 4.90 Å². The Hall–Kier alpha value is -3.59. The van der Waals surface area contributed by atoms with Crippen LogP contribution in [0.2, 0.25) is 0 Å². The van der Waals surface area contributed by atoms with Gasteiger partial charge in [-0.25, -0.2) is 9.59 Å². The Morgan fingerprint density at radius 2 is 1.94 bits per heavy atom. The topological polar surface area (TPSA) is 140 Å². The fourth-order valence-corrected chi connectivity index (χ4v) is 4.05. The monoisotopic (exact) mass is 496 g/mol. The van der Waals surface area contributed by atoms with Crippen LogP contribution in [0.15, 0.2) is 47.5 Å². The Bertz CT molecular complexity index is 1100. The number of nitrogen functional groups attached to an aromatic ring is 1. The third kappa shape index (κ3) is 7.21. The van der Waals surface area contributed by atoms with E-state index >= 15 is 0 Å². The molecule has 3 rings (SSSR count). The minimum Gasteiger partial charge on any atom is -0.488 e. The number of rotatable bonds is 9. The number of carbonyl (C=O) groups excluding carboxylic acids is 1. The van der Waals surface area contributed by atoms with E-state index in [0.717, 1.165) is 29.5 Å². The number of unbranched alkanes of at least 4 members (excludes halogenated alkanes) is 1. The highest BCUT2D eigenvalue weighted by molar-refractivity contribution is 5.96. The van der Waals surface area contributed by atoms with E-state index in [1.807, 2.05) is 42.5 Å². The molecule has 1 aliphatic heterocycles. The fraction of sp³-hybridized carbons (Fsp3) is 0.444. The van der Waals surface area contributed by atoms with Crippen LogP contribution in [0, 0.1) is 0 Å². The minimum absolute atomic E-state index is 0.120. The maximum atomic E-state index is 12.6. The van der Waals surface area contributed by atoms with Gasteiger partial charge in [0.2, 0.25) is 0 Å². The molecule has 0 aromatic heterocycles. The van der Waals surface area contributed by atoms with Crippen molar-refractivity contribution < 1.29 is 24.2 Å². The lowest BCUT2D eigenvalue weighted by Gasteiger charge is -2.26. The van der Waals surface area contributed by atoms with Gasteiger partial charge in [-0.05, 0) is 69.5 Å². The zero-order valence-corrected chi connectivity index (χ0v) is 21.1. The highest BCUT2D eigenvalue weighted by Crippen LogP contribution is 2.31. The molecule has 2 aromatic carbocycles. The van der Waals surface area contributed by atoms with E-state index in [0.29, 0.717) is 24.5 Å². The summed E-state index contributed by atoms with van der Waals surface area (Å²) in [6.07, 6.45) is 2.64. The van der Waals surface area contributed by atoms with Crippen LogP contribution in [0.3, 0.4) is 0 Å². The highest BCUT2D eigenvalue weighted by atomic mass is 16.6. The Kier molecular flexibility index (Phi) is 8.93. The number of amides is 1. The van der Waals surface area contributed by atoms with Crippen LogP contribution in [0.4, 0.5) is 10.5 Å². The number of carboxylic acids is 1. The van der Waals surface area contributed by atoms with Crippen LogP contribution in [-0.2, 0) is 9.53 Å². The number of likely N-dealkylation sites (tertiary alicyclic amines) is 1. The first-order chi connectivity index (χ1) is 17.1. The summed E-state index contributed by atoms with van der Waals surface area (Å²) < 4.78 is 11.5. The van der Waals surface area contributed by atoms with Gasteiger partial charge in [-0.1, -0.05) is 24.3 Å². The molecule has 9 nitrogen and oxygen atoms in total. The van der Waals surface area contributed by atoms with Gasteiger partial charge >= 0.3 is 12.1 Å². The lowest BCUT2D eigenvalue weighted by Crippen LogP contribution is -2.43. The SMILES string of the molecule is CC(C)(C)OC(=O)N1CC(Oc2cccc(-c3cccc(N)c3C=NCCCCN)c2)CC1C(=O)O. The van der Waals surface area contributed by atoms with Crippen LogP contribution in [0.1, 0.15) is 45.6 Å². The normalized spacial score (nSPS) is 17.9. The smallest absolute Gasteiger partial charge is 0.411 e. The minimum atomic E-state index is -1.09. The highest BCUT2D eigenvalue weighted by Gasteiger charge is 2.42. The van der Waals surface area contributed by atoms with Crippen molar-refractivity contribution in [1.82, 2.24) is 4.90 Å². The molecule has 194 valence electrons. The molecule has 5 N–H and O–H groups in total. The summed E-state index contributed by atoms with van der Waals surface area (Å²) in [6.45, 7) is 6.66. The molecule has 2 atom stereocenters. The van der Waals surface area contributed by atoms with E-state index in [-0.39, 0.29) is 13.0 Å². The number of anilines is 1.